The summed E-state index contributed by atoms with van der Waals surface area (Å²) in [6.45, 7) is 4.57. The second-order valence-electron chi connectivity index (χ2n) is 5.05. The Kier molecular flexibility index (Phi) is 5.53. The number of nitrogens with one attached hydrogen (secondary N) is 1. The molecule has 0 bridgehead atoms. The van der Waals surface area contributed by atoms with Crippen LogP contribution < -0.4 is 5.32 Å². The largest absolute Gasteiger partial charge is 0.316 e. The average molecular weight is 390 g/mol. The van der Waals surface area contributed by atoms with E-state index in [2.05, 4.69) is 21.6 Å². The Morgan fingerprint density at radius 3 is 2.92 bits per heavy atom. The molecule has 0 aliphatic heterocycles. The molecule has 0 aliphatic rings. The first-order chi connectivity index (χ1) is 12.1. The van der Waals surface area contributed by atoms with Gasteiger partial charge in [-0.2, -0.15) is 5.26 Å². The fraction of sp³-hybridized carbons (Fsp3) is 0.250. The van der Waals surface area contributed by atoms with Gasteiger partial charge >= 0.3 is 0 Å². The Bertz CT molecular complexity index is 907. The van der Waals surface area contributed by atoms with Crippen molar-refractivity contribution in [3.8, 4) is 16.8 Å². The molecule has 1 amide bonds. The van der Waals surface area contributed by atoms with Crippen LogP contribution in [0, 0.1) is 11.3 Å². The molecule has 25 heavy (non-hydrogen) atoms. The standard InChI is InChI=1S/C16H15N5OS3/c1-3-21-13(12-5-4-7-23-12)19-20-16(21)25-10(2)14(22)18-15-11(9-17)6-8-24-15/h4-8,10H,3H2,1-2H3,(H,18,22)/t10-/m0/s1. The highest BCUT2D eigenvalue weighted by Crippen LogP contribution is 2.30. The Hall–Kier alpha value is -2.15. The van der Waals surface area contributed by atoms with Crippen molar-refractivity contribution in [3.63, 3.8) is 0 Å². The summed E-state index contributed by atoms with van der Waals surface area (Å²) in [6.07, 6.45) is 0. The van der Waals surface area contributed by atoms with Gasteiger partial charge in [0, 0.05) is 6.54 Å². The number of carbonyl (C=O) groups excluding carboxylic acids is 1. The first-order valence-corrected chi connectivity index (χ1v) is 10.2. The first kappa shape index (κ1) is 17.7. The maximum absolute atomic E-state index is 12.4. The van der Waals surface area contributed by atoms with E-state index in [9.17, 15) is 4.79 Å². The minimum absolute atomic E-state index is 0.160. The Morgan fingerprint density at radius 2 is 2.24 bits per heavy atom. The molecule has 0 radical (unpaired) electrons. The van der Waals surface area contributed by atoms with E-state index in [4.69, 9.17) is 5.26 Å². The van der Waals surface area contributed by atoms with Gasteiger partial charge < -0.3 is 9.88 Å². The molecule has 3 rings (SSSR count). The molecule has 6 nitrogen and oxygen atoms in total. The quantitative estimate of drug-likeness (QED) is 0.642. The van der Waals surface area contributed by atoms with Crippen LogP contribution >= 0.6 is 34.4 Å². The molecular weight excluding hydrogens is 374 g/mol. The molecule has 0 aliphatic carbocycles. The number of thiophene rings is 2. The fourth-order valence-electron chi connectivity index (χ4n) is 2.17. The molecule has 1 atom stereocenters. The van der Waals surface area contributed by atoms with E-state index in [1.807, 2.05) is 35.9 Å². The van der Waals surface area contributed by atoms with E-state index >= 15 is 0 Å². The van der Waals surface area contributed by atoms with Crippen molar-refractivity contribution in [2.24, 2.45) is 0 Å². The number of thioether (sulfide) groups is 1. The van der Waals surface area contributed by atoms with Crippen molar-refractivity contribution in [2.75, 3.05) is 5.32 Å². The number of aromatic nitrogens is 3. The zero-order chi connectivity index (χ0) is 17.8. The van der Waals surface area contributed by atoms with E-state index < -0.39 is 0 Å². The minimum Gasteiger partial charge on any atom is -0.316 e. The second-order valence-corrected chi connectivity index (χ2v) is 8.22. The van der Waals surface area contributed by atoms with Gasteiger partial charge in [0.1, 0.15) is 11.1 Å². The van der Waals surface area contributed by atoms with Gasteiger partial charge in [0.2, 0.25) is 5.91 Å². The van der Waals surface area contributed by atoms with Crippen LogP contribution in [0.5, 0.6) is 0 Å². The van der Waals surface area contributed by atoms with Gasteiger partial charge in [-0.3, -0.25) is 4.79 Å². The molecule has 128 valence electrons. The SMILES string of the molecule is CCn1c(S[C@@H](C)C(=O)Nc2sccc2C#N)nnc1-c1cccs1. The van der Waals surface area contributed by atoms with E-state index in [1.54, 1.807) is 22.8 Å². The molecule has 3 heterocycles. The van der Waals surface area contributed by atoms with Gasteiger partial charge in [-0.1, -0.05) is 17.8 Å². The molecular formula is C16H15N5OS3. The van der Waals surface area contributed by atoms with Crippen LogP contribution in [0.2, 0.25) is 0 Å². The van der Waals surface area contributed by atoms with Gasteiger partial charge in [0.25, 0.3) is 0 Å². The summed E-state index contributed by atoms with van der Waals surface area (Å²) in [5.74, 6) is 0.657. The lowest BCUT2D eigenvalue weighted by Crippen LogP contribution is -2.22. The molecule has 0 fully saturated rings. The van der Waals surface area contributed by atoms with Crippen molar-refractivity contribution in [3.05, 3.63) is 34.5 Å². The van der Waals surface area contributed by atoms with Crippen molar-refractivity contribution in [2.45, 2.75) is 30.8 Å². The number of hydrogen-bond acceptors (Lipinski definition) is 7. The summed E-state index contributed by atoms with van der Waals surface area (Å²) >= 11 is 4.31. The lowest BCUT2D eigenvalue weighted by atomic mass is 10.3. The van der Waals surface area contributed by atoms with Crippen LogP contribution in [0.25, 0.3) is 10.7 Å². The van der Waals surface area contributed by atoms with Crippen LogP contribution in [-0.2, 0) is 11.3 Å². The first-order valence-electron chi connectivity index (χ1n) is 7.56. The molecule has 3 aromatic heterocycles. The molecule has 0 saturated heterocycles. The van der Waals surface area contributed by atoms with Crippen LogP contribution in [0.3, 0.4) is 0 Å². The van der Waals surface area contributed by atoms with Gasteiger partial charge in [-0.15, -0.1) is 32.9 Å². The highest BCUT2D eigenvalue weighted by molar-refractivity contribution is 8.00. The van der Waals surface area contributed by atoms with Gasteiger partial charge in [0.15, 0.2) is 11.0 Å². The lowest BCUT2D eigenvalue weighted by Gasteiger charge is -2.12. The smallest absolute Gasteiger partial charge is 0.238 e. The number of carbonyl (C=O) groups is 1. The number of rotatable bonds is 6. The summed E-state index contributed by atoms with van der Waals surface area (Å²) in [7, 11) is 0. The van der Waals surface area contributed by atoms with Crippen LogP contribution in [-0.4, -0.2) is 25.9 Å². The highest BCUT2D eigenvalue weighted by Gasteiger charge is 2.21. The Morgan fingerprint density at radius 1 is 1.40 bits per heavy atom. The second kappa shape index (κ2) is 7.82. The number of nitrogens with zero attached hydrogens (tertiary/aromatic N) is 4. The summed E-state index contributed by atoms with van der Waals surface area (Å²) < 4.78 is 2.01. The topological polar surface area (TPSA) is 83.6 Å². The van der Waals surface area contributed by atoms with Gasteiger partial charge in [-0.05, 0) is 36.7 Å². The van der Waals surface area contributed by atoms with Crippen molar-refractivity contribution < 1.29 is 4.79 Å². The zero-order valence-electron chi connectivity index (χ0n) is 13.6. The third-order valence-corrected chi connectivity index (χ3v) is 6.22. The predicted octanol–water partition coefficient (Wildman–Crippen LogP) is 4.08. The van der Waals surface area contributed by atoms with Crippen molar-refractivity contribution in [1.29, 1.82) is 5.26 Å². The third kappa shape index (κ3) is 3.76. The van der Waals surface area contributed by atoms with E-state index in [0.29, 0.717) is 15.7 Å². The molecule has 9 heteroatoms. The zero-order valence-corrected chi connectivity index (χ0v) is 16.0. The maximum Gasteiger partial charge on any atom is 0.238 e. The minimum atomic E-state index is -0.362. The molecule has 3 aromatic rings. The van der Waals surface area contributed by atoms with Gasteiger partial charge in [-0.25, -0.2) is 0 Å². The average Bonchev–Trinajstić information content (AvgIpc) is 3.34. The predicted molar refractivity (Wildman–Crippen MR) is 102 cm³/mol. The number of hydrogen-bond donors (Lipinski definition) is 1. The molecule has 0 saturated carbocycles. The van der Waals surface area contributed by atoms with E-state index in [1.165, 1.54) is 23.1 Å². The molecule has 0 aromatic carbocycles. The van der Waals surface area contributed by atoms with Crippen LogP contribution in [0.15, 0.2) is 34.1 Å². The van der Waals surface area contributed by atoms with Crippen LogP contribution in [0.1, 0.15) is 19.4 Å². The lowest BCUT2D eigenvalue weighted by molar-refractivity contribution is -0.115. The number of anilines is 1. The molecule has 0 spiro atoms. The third-order valence-electron chi connectivity index (χ3n) is 3.45. The van der Waals surface area contributed by atoms with E-state index in [-0.39, 0.29) is 11.2 Å². The van der Waals surface area contributed by atoms with Gasteiger partial charge in [0.05, 0.1) is 15.7 Å². The normalized spacial score (nSPS) is 11.9. The summed E-state index contributed by atoms with van der Waals surface area (Å²) in [5.41, 5.74) is 0.479. The highest BCUT2D eigenvalue weighted by atomic mass is 32.2. The molecule has 1 N–H and O–H groups in total. The Balaban J connectivity index is 1.74. The fourth-order valence-corrected chi connectivity index (χ4v) is 4.54. The monoisotopic (exact) mass is 389 g/mol. The summed E-state index contributed by atoms with van der Waals surface area (Å²) in [6, 6.07) is 7.75. The Labute approximate surface area is 157 Å². The number of nitriles is 1. The maximum atomic E-state index is 12.4. The number of amides is 1. The van der Waals surface area contributed by atoms with Crippen molar-refractivity contribution >= 4 is 45.3 Å². The van der Waals surface area contributed by atoms with Crippen molar-refractivity contribution in [1.82, 2.24) is 14.8 Å². The molecule has 0 unspecified atom stereocenters. The van der Waals surface area contributed by atoms with E-state index in [0.717, 1.165) is 17.2 Å². The summed E-state index contributed by atoms with van der Waals surface area (Å²) in [4.78, 5) is 13.5. The summed E-state index contributed by atoms with van der Waals surface area (Å²) in [5, 5.41) is 25.1. The van der Waals surface area contributed by atoms with Crippen LogP contribution in [0.4, 0.5) is 5.00 Å².